The summed E-state index contributed by atoms with van der Waals surface area (Å²) in [5.74, 6) is -2.72. The van der Waals surface area contributed by atoms with Gasteiger partial charge in [-0.25, -0.2) is 17.6 Å². The molecule has 1 unspecified atom stereocenters. The van der Waals surface area contributed by atoms with E-state index in [0.717, 1.165) is 12.1 Å². The lowest BCUT2D eigenvalue weighted by Crippen LogP contribution is -2.42. The number of aromatic amines is 2. The Balaban J connectivity index is 1.60. The zero-order valence-corrected chi connectivity index (χ0v) is 17.3. The number of rotatable bonds is 3. The summed E-state index contributed by atoms with van der Waals surface area (Å²) in [4.78, 5) is 32.7. The molecule has 1 amide bonds. The maximum Gasteiger partial charge on any atom is 0.270 e. The van der Waals surface area contributed by atoms with Crippen molar-refractivity contribution in [3.63, 3.8) is 0 Å². The zero-order valence-electron chi connectivity index (χ0n) is 17.3. The summed E-state index contributed by atoms with van der Waals surface area (Å²) in [5.41, 5.74) is 0.733. The third kappa shape index (κ3) is 3.37. The van der Waals surface area contributed by atoms with Gasteiger partial charge in [0.05, 0.1) is 11.4 Å². The van der Waals surface area contributed by atoms with Crippen LogP contribution in [0.15, 0.2) is 41.2 Å². The van der Waals surface area contributed by atoms with Crippen LogP contribution in [0.1, 0.15) is 39.8 Å². The number of carbonyl (C=O) groups is 1. The third-order valence-corrected chi connectivity index (χ3v) is 6.11. The number of hydrogen-bond acceptors (Lipinski definition) is 3. The molecule has 0 bridgehead atoms. The number of alkyl halides is 2. The average Bonchev–Trinajstić information content (AvgIpc) is 3.23. The first-order valence-corrected chi connectivity index (χ1v) is 10.2. The van der Waals surface area contributed by atoms with Crippen molar-refractivity contribution >= 4 is 27.6 Å². The van der Waals surface area contributed by atoms with Crippen LogP contribution in [0, 0.1) is 11.6 Å². The molecule has 0 radical (unpaired) electrons. The predicted octanol–water partition coefficient (Wildman–Crippen LogP) is 4.14. The first kappa shape index (κ1) is 21.2. The summed E-state index contributed by atoms with van der Waals surface area (Å²) in [6, 6.07) is 6.94. The van der Waals surface area contributed by atoms with Crippen LogP contribution in [0.2, 0.25) is 0 Å². The van der Waals surface area contributed by atoms with E-state index in [-0.39, 0.29) is 40.5 Å². The van der Waals surface area contributed by atoms with Gasteiger partial charge in [-0.1, -0.05) is 12.1 Å². The topological polar surface area (TPSA) is 81.0 Å². The largest absolute Gasteiger partial charge is 0.351 e. The second-order valence-electron chi connectivity index (χ2n) is 8.01. The molecule has 3 heterocycles. The summed E-state index contributed by atoms with van der Waals surface area (Å²) in [6.07, 6.45) is -2.70. The summed E-state index contributed by atoms with van der Waals surface area (Å²) in [7, 11) is 1.53. The number of amides is 1. The minimum atomic E-state index is -2.70. The van der Waals surface area contributed by atoms with Crippen molar-refractivity contribution in [3.8, 4) is 0 Å². The van der Waals surface area contributed by atoms with Crippen LogP contribution >= 0.6 is 0 Å². The van der Waals surface area contributed by atoms with E-state index >= 15 is 0 Å². The monoisotopic (exact) mass is 458 g/mol. The highest BCUT2D eigenvalue weighted by Gasteiger charge is 2.31. The maximum atomic E-state index is 14.1. The molecule has 1 aliphatic heterocycles. The van der Waals surface area contributed by atoms with Crippen molar-refractivity contribution in [2.45, 2.75) is 19.0 Å². The Morgan fingerprint density at radius 2 is 1.79 bits per heavy atom. The Morgan fingerprint density at radius 1 is 1.06 bits per heavy atom. The van der Waals surface area contributed by atoms with Crippen LogP contribution < -0.4 is 10.9 Å². The molecule has 2 aromatic heterocycles. The number of pyridine rings is 1. The number of carbonyl (C=O) groups excluding carboxylic acids is 1. The Kier molecular flexibility index (Phi) is 4.97. The SMILES string of the molecule is CN(C(=O)c1cc2c(C(F)F)cccc2[nH]1)C1CNCc2[nH]c(=O)c3cc(F)c(F)cc3c21. The summed E-state index contributed by atoms with van der Waals surface area (Å²) < 4.78 is 54.6. The maximum absolute atomic E-state index is 14.1. The smallest absolute Gasteiger partial charge is 0.270 e. The standard InChI is InChI=1S/C23H18F4N4O2/c1-31(23(33)17-7-11-10(21(26)27)3-2-4-16(11)29-17)19-9-28-8-18-20(19)12-5-14(24)15(25)6-13(12)22(32)30-18/h2-7,19,21,28-29H,8-9H2,1H3,(H,30,32). The molecular formula is C23H18F4N4O2. The quantitative estimate of drug-likeness (QED) is 0.404. The normalized spacial score (nSPS) is 15.9. The fraction of sp³-hybridized carbons (Fsp3) is 0.217. The lowest BCUT2D eigenvalue weighted by atomic mass is 9.93. The van der Waals surface area contributed by atoms with Crippen LogP contribution in [-0.2, 0) is 6.54 Å². The zero-order chi connectivity index (χ0) is 23.4. The molecule has 0 saturated carbocycles. The number of halogens is 4. The fourth-order valence-corrected chi connectivity index (χ4v) is 4.49. The van der Waals surface area contributed by atoms with Crippen molar-refractivity contribution in [2.24, 2.45) is 0 Å². The first-order valence-electron chi connectivity index (χ1n) is 10.2. The second-order valence-corrected chi connectivity index (χ2v) is 8.01. The minimum Gasteiger partial charge on any atom is -0.351 e. The summed E-state index contributed by atoms with van der Waals surface area (Å²) in [5, 5.41) is 3.55. The average molecular weight is 458 g/mol. The van der Waals surface area contributed by atoms with E-state index in [1.807, 2.05) is 0 Å². The molecule has 0 spiro atoms. The molecule has 0 fully saturated rings. The highest BCUT2D eigenvalue weighted by Crippen LogP contribution is 2.34. The Hall–Kier alpha value is -3.66. The molecule has 10 heteroatoms. The van der Waals surface area contributed by atoms with Crippen LogP contribution in [0.3, 0.4) is 0 Å². The summed E-state index contributed by atoms with van der Waals surface area (Å²) in [6.45, 7) is 0.570. The van der Waals surface area contributed by atoms with Crippen LogP contribution in [0.25, 0.3) is 21.7 Å². The number of nitrogens with one attached hydrogen (secondary N) is 3. The van der Waals surface area contributed by atoms with Gasteiger partial charge in [0.1, 0.15) is 5.69 Å². The minimum absolute atomic E-state index is 0.0208. The molecular weight excluding hydrogens is 440 g/mol. The molecule has 6 nitrogen and oxygen atoms in total. The number of likely N-dealkylation sites (N-methyl/N-ethyl adjacent to an activating group) is 1. The molecule has 0 aliphatic carbocycles. The number of fused-ring (bicyclic) bond motifs is 4. The van der Waals surface area contributed by atoms with E-state index in [0.29, 0.717) is 16.8 Å². The van der Waals surface area contributed by atoms with Gasteiger partial charge in [0.25, 0.3) is 17.9 Å². The van der Waals surface area contributed by atoms with Gasteiger partial charge in [-0.2, -0.15) is 0 Å². The molecule has 2 aromatic carbocycles. The van der Waals surface area contributed by atoms with E-state index < -0.39 is 35.6 Å². The van der Waals surface area contributed by atoms with Crippen LogP contribution in [0.4, 0.5) is 17.6 Å². The van der Waals surface area contributed by atoms with Crippen LogP contribution in [-0.4, -0.2) is 34.4 Å². The van der Waals surface area contributed by atoms with Gasteiger partial charge in [-0.3, -0.25) is 9.59 Å². The number of aromatic nitrogens is 2. The summed E-state index contributed by atoms with van der Waals surface area (Å²) >= 11 is 0. The Bertz CT molecular complexity index is 1480. The van der Waals surface area contributed by atoms with Gasteiger partial charge in [-0.15, -0.1) is 0 Å². The van der Waals surface area contributed by atoms with Gasteiger partial charge >= 0.3 is 0 Å². The predicted molar refractivity (Wildman–Crippen MR) is 114 cm³/mol. The molecule has 3 N–H and O–H groups in total. The number of H-pyrrole nitrogens is 2. The van der Waals surface area contributed by atoms with Gasteiger partial charge in [-0.05, 0) is 29.7 Å². The Morgan fingerprint density at radius 3 is 2.52 bits per heavy atom. The van der Waals surface area contributed by atoms with E-state index in [1.165, 1.54) is 30.1 Å². The van der Waals surface area contributed by atoms with Crippen molar-refractivity contribution < 1.29 is 22.4 Å². The van der Waals surface area contributed by atoms with Gasteiger partial charge in [0.15, 0.2) is 11.6 Å². The lowest BCUT2D eigenvalue weighted by Gasteiger charge is -2.34. The van der Waals surface area contributed by atoms with Gasteiger partial charge in [0.2, 0.25) is 0 Å². The number of nitrogens with zero attached hydrogens (tertiary/aromatic N) is 1. The molecule has 0 saturated heterocycles. The first-order chi connectivity index (χ1) is 15.8. The molecule has 1 atom stereocenters. The lowest BCUT2D eigenvalue weighted by molar-refractivity contribution is 0.0718. The van der Waals surface area contributed by atoms with Gasteiger partial charge < -0.3 is 20.2 Å². The highest BCUT2D eigenvalue weighted by atomic mass is 19.3. The van der Waals surface area contributed by atoms with Gasteiger partial charge in [0, 0.05) is 47.9 Å². The molecule has 1 aliphatic rings. The molecule has 4 aromatic rings. The van der Waals surface area contributed by atoms with E-state index in [9.17, 15) is 27.2 Å². The second kappa shape index (κ2) is 7.73. The third-order valence-electron chi connectivity index (χ3n) is 6.11. The number of hydrogen-bond donors (Lipinski definition) is 3. The van der Waals surface area contributed by atoms with E-state index in [4.69, 9.17) is 0 Å². The highest BCUT2D eigenvalue weighted by molar-refractivity contribution is 5.99. The van der Waals surface area contributed by atoms with Crippen LogP contribution in [0.5, 0.6) is 0 Å². The van der Waals surface area contributed by atoms with Crippen molar-refractivity contribution in [2.75, 3.05) is 13.6 Å². The van der Waals surface area contributed by atoms with Crippen molar-refractivity contribution in [3.05, 3.63) is 80.9 Å². The fourth-order valence-electron chi connectivity index (χ4n) is 4.49. The van der Waals surface area contributed by atoms with E-state index in [1.54, 1.807) is 6.07 Å². The molecule has 170 valence electrons. The Labute approximate surface area is 184 Å². The number of benzene rings is 2. The molecule has 33 heavy (non-hydrogen) atoms. The molecule has 5 rings (SSSR count). The van der Waals surface area contributed by atoms with Crippen molar-refractivity contribution in [1.82, 2.24) is 20.2 Å². The van der Waals surface area contributed by atoms with Crippen molar-refractivity contribution in [1.29, 1.82) is 0 Å². The van der Waals surface area contributed by atoms with E-state index in [2.05, 4.69) is 15.3 Å².